The van der Waals surface area contributed by atoms with Crippen LogP contribution in [0, 0.1) is 5.92 Å². The van der Waals surface area contributed by atoms with Gasteiger partial charge in [0.25, 0.3) is 5.91 Å². The van der Waals surface area contributed by atoms with E-state index in [1.807, 2.05) is 0 Å². The van der Waals surface area contributed by atoms with E-state index in [1.54, 1.807) is 22.8 Å². The van der Waals surface area contributed by atoms with Crippen LogP contribution in [0.5, 0.6) is 0 Å². The van der Waals surface area contributed by atoms with Crippen molar-refractivity contribution in [1.29, 1.82) is 0 Å². The van der Waals surface area contributed by atoms with Crippen molar-refractivity contribution in [2.45, 2.75) is 12.8 Å². The van der Waals surface area contributed by atoms with E-state index in [0.717, 1.165) is 6.42 Å². The highest BCUT2D eigenvalue weighted by molar-refractivity contribution is 5.94. The molecule has 1 amide bonds. The van der Waals surface area contributed by atoms with E-state index in [0.29, 0.717) is 25.1 Å². The Hall–Kier alpha value is -1.85. The molecule has 92 valence electrons. The Balaban J connectivity index is 2.07. The van der Waals surface area contributed by atoms with Gasteiger partial charge in [0.05, 0.1) is 17.7 Å². The van der Waals surface area contributed by atoms with E-state index in [2.05, 4.69) is 5.10 Å². The highest BCUT2D eigenvalue weighted by Crippen LogP contribution is 2.18. The molecule has 1 fully saturated rings. The van der Waals surface area contributed by atoms with Gasteiger partial charge in [0.2, 0.25) is 0 Å². The molecule has 0 bridgehead atoms. The van der Waals surface area contributed by atoms with Gasteiger partial charge in [0, 0.05) is 26.3 Å². The summed E-state index contributed by atoms with van der Waals surface area (Å²) in [7, 11) is 1.74. The van der Waals surface area contributed by atoms with Crippen LogP contribution in [0.3, 0.4) is 0 Å². The highest BCUT2D eigenvalue weighted by atomic mass is 16.4. The van der Waals surface area contributed by atoms with Gasteiger partial charge in [-0.25, -0.2) is 0 Å². The van der Waals surface area contributed by atoms with Crippen LogP contribution in [-0.2, 0) is 11.8 Å². The van der Waals surface area contributed by atoms with Crippen molar-refractivity contribution in [3.8, 4) is 0 Å². The van der Waals surface area contributed by atoms with Crippen LogP contribution in [-0.4, -0.2) is 44.8 Å². The lowest BCUT2D eigenvalue weighted by Gasteiger charge is -2.30. The lowest BCUT2D eigenvalue weighted by Crippen LogP contribution is -2.42. The lowest BCUT2D eigenvalue weighted by atomic mass is 9.98. The standard InChI is InChI=1S/C11H15N3O3/c1-13-6-9(5-12-13)10(15)14-4-2-3-8(7-14)11(16)17/h5-6,8H,2-4,7H2,1H3,(H,16,17)/t8-/m1/s1. The van der Waals surface area contributed by atoms with E-state index in [9.17, 15) is 9.59 Å². The summed E-state index contributed by atoms with van der Waals surface area (Å²) in [6.07, 6.45) is 4.54. The van der Waals surface area contributed by atoms with Gasteiger partial charge >= 0.3 is 5.97 Å². The summed E-state index contributed by atoms with van der Waals surface area (Å²) < 4.78 is 1.56. The molecule has 0 aromatic carbocycles. The molecule has 2 heterocycles. The minimum Gasteiger partial charge on any atom is -0.481 e. The zero-order valence-electron chi connectivity index (χ0n) is 9.67. The highest BCUT2D eigenvalue weighted by Gasteiger charge is 2.28. The van der Waals surface area contributed by atoms with Crippen LogP contribution in [0.4, 0.5) is 0 Å². The molecular weight excluding hydrogens is 222 g/mol. The average molecular weight is 237 g/mol. The Morgan fingerprint density at radius 2 is 2.29 bits per heavy atom. The molecule has 2 rings (SSSR count). The zero-order chi connectivity index (χ0) is 12.4. The molecule has 0 saturated carbocycles. The van der Waals surface area contributed by atoms with Crippen molar-refractivity contribution in [3.05, 3.63) is 18.0 Å². The van der Waals surface area contributed by atoms with Crippen LogP contribution < -0.4 is 0 Å². The molecule has 1 saturated heterocycles. The molecule has 17 heavy (non-hydrogen) atoms. The summed E-state index contributed by atoms with van der Waals surface area (Å²) >= 11 is 0. The van der Waals surface area contributed by atoms with Crippen LogP contribution >= 0.6 is 0 Å². The SMILES string of the molecule is Cn1cc(C(=O)N2CCC[C@@H](C(=O)O)C2)cn1. The predicted molar refractivity (Wildman–Crippen MR) is 59.5 cm³/mol. The second kappa shape index (κ2) is 4.57. The molecule has 0 spiro atoms. The van der Waals surface area contributed by atoms with Crippen LogP contribution in [0.2, 0.25) is 0 Å². The monoisotopic (exact) mass is 237 g/mol. The van der Waals surface area contributed by atoms with E-state index in [1.165, 1.54) is 6.20 Å². The molecular formula is C11H15N3O3. The van der Waals surface area contributed by atoms with Gasteiger partial charge < -0.3 is 10.0 Å². The first-order chi connectivity index (χ1) is 8.08. The Kier molecular flexibility index (Phi) is 3.12. The normalized spacial score (nSPS) is 20.3. The third-order valence-corrected chi connectivity index (χ3v) is 3.01. The van der Waals surface area contributed by atoms with Crippen LogP contribution in [0.25, 0.3) is 0 Å². The predicted octanol–water partition coefficient (Wildman–Crippen LogP) is 0.357. The van der Waals surface area contributed by atoms with Gasteiger partial charge in [-0.15, -0.1) is 0 Å². The molecule has 6 heteroatoms. The first-order valence-electron chi connectivity index (χ1n) is 5.58. The summed E-state index contributed by atoms with van der Waals surface area (Å²) in [5.41, 5.74) is 0.513. The van der Waals surface area contributed by atoms with Crippen molar-refractivity contribution >= 4 is 11.9 Å². The van der Waals surface area contributed by atoms with Gasteiger partial charge in [-0.05, 0) is 12.8 Å². The van der Waals surface area contributed by atoms with Crippen LogP contribution in [0.1, 0.15) is 23.2 Å². The number of likely N-dealkylation sites (tertiary alicyclic amines) is 1. The number of carboxylic acids is 1. The number of aryl methyl sites for hydroxylation is 1. The van der Waals surface area contributed by atoms with Crippen molar-refractivity contribution in [2.24, 2.45) is 13.0 Å². The molecule has 0 radical (unpaired) electrons. The van der Waals surface area contributed by atoms with Crippen LogP contribution in [0.15, 0.2) is 12.4 Å². The summed E-state index contributed by atoms with van der Waals surface area (Å²) in [5, 5.41) is 12.9. The van der Waals surface area contributed by atoms with Crippen molar-refractivity contribution in [3.63, 3.8) is 0 Å². The summed E-state index contributed by atoms with van der Waals surface area (Å²) in [6, 6.07) is 0. The first-order valence-corrected chi connectivity index (χ1v) is 5.58. The smallest absolute Gasteiger partial charge is 0.308 e. The number of piperidine rings is 1. The second-order valence-electron chi connectivity index (χ2n) is 4.33. The van der Waals surface area contributed by atoms with Gasteiger partial charge in [-0.1, -0.05) is 0 Å². The molecule has 1 N–H and O–H groups in total. The van der Waals surface area contributed by atoms with Crippen molar-refractivity contribution in [1.82, 2.24) is 14.7 Å². The topological polar surface area (TPSA) is 75.4 Å². The number of nitrogens with zero attached hydrogens (tertiary/aromatic N) is 3. The first kappa shape index (κ1) is 11.6. The fourth-order valence-electron chi connectivity index (χ4n) is 2.08. The maximum Gasteiger partial charge on any atom is 0.308 e. The van der Waals surface area contributed by atoms with Gasteiger partial charge in [-0.3, -0.25) is 14.3 Å². The number of amides is 1. The number of carboxylic acid groups (broad SMARTS) is 1. The zero-order valence-corrected chi connectivity index (χ0v) is 9.67. The third kappa shape index (κ3) is 2.46. The second-order valence-corrected chi connectivity index (χ2v) is 4.33. The van der Waals surface area contributed by atoms with E-state index in [-0.39, 0.29) is 5.91 Å². The maximum atomic E-state index is 12.1. The Labute approximate surface area is 98.8 Å². The maximum absolute atomic E-state index is 12.1. The Bertz CT molecular complexity index is 441. The number of hydrogen-bond donors (Lipinski definition) is 1. The minimum absolute atomic E-state index is 0.135. The third-order valence-electron chi connectivity index (χ3n) is 3.01. The van der Waals surface area contributed by atoms with Gasteiger partial charge in [-0.2, -0.15) is 5.10 Å². The number of carbonyl (C=O) groups excluding carboxylic acids is 1. The van der Waals surface area contributed by atoms with Gasteiger partial charge in [0.15, 0.2) is 0 Å². The number of aliphatic carboxylic acids is 1. The summed E-state index contributed by atoms with van der Waals surface area (Å²) in [5.74, 6) is -1.40. The summed E-state index contributed by atoms with van der Waals surface area (Å²) in [6.45, 7) is 0.917. The van der Waals surface area contributed by atoms with Crippen molar-refractivity contribution < 1.29 is 14.7 Å². The minimum atomic E-state index is -0.825. The number of rotatable bonds is 2. The van der Waals surface area contributed by atoms with Gasteiger partial charge in [0.1, 0.15) is 0 Å². The fraction of sp³-hybridized carbons (Fsp3) is 0.545. The largest absolute Gasteiger partial charge is 0.481 e. The molecule has 1 aromatic rings. The molecule has 1 atom stereocenters. The number of aromatic nitrogens is 2. The number of hydrogen-bond acceptors (Lipinski definition) is 3. The molecule has 0 aliphatic carbocycles. The Morgan fingerprint density at radius 3 is 2.88 bits per heavy atom. The quantitative estimate of drug-likeness (QED) is 0.805. The lowest BCUT2D eigenvalue weighted by molar-refractivity contribution is -0.143. The van der Waals surface area contributed by atoms with E-state index in [4.69, 9.17) is 5.11 Å². The van der Waals surface area contributed by atoms with E-state index >= 15 is 0 Å². The number of carbonyl (C=O) groups is 2. The summed E-state index contributed by atoms with van der Waals surface area (Å²) in [4.78, 5) is 24.6. The molecule has 1 aromatic heterocycles. The molecule has 1 aliphatic heterocycles. The fourth-order valence-corrected chi connectivity index (χ4v) is 2.08. The molecule has 0 unspecified atom stereocenters. The van der Waals surface area contributed by atoms with E-state index < -0.39 is 11.9 Å². The average Bonchev–Trinajstić information content (AvgIpc) is 2.75. The molecule has 6 nitrogen and oxygen atoms in total. The van der Waals surface area contributed by atoms with Crippen molar-refractivity contribution in [2.75, 3.05) is 13.1 Å². The molecule has 1 aliphatic rings. The Morgan fingerprint density at radius 1 is 1.53 bits per heavy atom.